The zero-order valence-electron chi connectivity index (χ0n) is 47.0. The van der Waals surface area contributed by atoms with Crippen LogP contribution in [-0.4, -0.2) is 155 Å². The minimum absolute atomic E-state index is 0.00596. The number of carbonyl (C=O) groups excluding carboxylic acids is 4. The molecule has 2 bridgehead atoms. The summed E-state index contributed by atoms with van der Waals surface area (Å²) in [6, 6.07) is 24.5. The SMILES string of the molecule is COc1ccc(C2=N[C@@H](c3ccc(Cl)cc3)[C@@H](c3ccc(Cl)cc3)N2C(=O)N2CCN(CCOCCOCCC(=O)NCCn3nc4c(c3C#N)-c3cnc(N)c(n3)N3CCC[C@@H]3c3cc(F)ccc3C(=O)N(C)C4)C(=O)C2)c(OC(C)C)c1. The summed E-state index contributed by atoms with van der Waals surface area (Å²) < 4.78 is 39.6. The number of nitrogens with two attached hydrogens (primary N) is 1. The number of piperazine rings is 1. The highest BCUT2D eigenvalue weighted by Gasteiger charge is 2.46. The molecule has 2 aromatic heterocycles. The molecule has 0 spiro atoms. The van der Waals surface area contributed by atoms with Gasteiger partial charge in [0.05, 0.1) is 93.5 Å². The van der Waals surface area contributed by atoms with E-state index in [1.54, 1.807) is 65.3 Å². The summed E-state index contributed by atoms with van der Waals surface area (Å²) in [5.41, 5.74) is 10.7. The predicted octanol–water partition coefficient (Wildman–Crippen LogP) is 8.01. The maximum atomic E-state index is 15.1. The zero-order valence-corrected chi connectivity index (χ0v) is 48.5. The van der Waals surface area contributed by atoms with Crippen LogP contribution in [0.3, 0.4) is 0 Å². The Morgan fingerprint density at radius 1 is 0.893 bits per heavy atom. The molecule has 0 saturated carbocycles. The van der Waals surface area contributed by atoms with Crippen LogP contribution in [0.1, 0.15) is 95.2 Å². The van der Waals surface area contributed by atoms with E-state index in [4.69, 9.17) is 63.0 Å². The highest BCUT2D eigenvalue weighted by molar-refractivity contribution is 6.30. The number of amides is 5. The van der Waals surface area contributed by atoms with Crippen LogP contribution in [-0.2, 0) is 32.2 Å². The van der Waals surface area contributed by atoms with Crippen LogP contribution in [0.4, 0.5) is 20.8 Å². The van der Waals surface area contributed by atoms with Crippen LogP contribution in [0.25, 0.3) is 11.3 Å². The molecule has 5 amide bonds. The van der Waals surface area contributed by atoms with Gasteiger partial charge in [-0.1, -0.05) is 47.5 Å². The largest absolute Gasteiger partial charge is 0.497 e. The second-order valence-corrected chi connectivity index (χ2v) is 21.8. The van der Waals surface area contributed by atoms with Crippen molar-refractivity contribution in [1.82, 2.24) is 44.7 Å². The summed E-state index contributed by atoms with van der Waals surface area (Å²) in [6.45, 7) is 6.00. The van der Waals surface area contributed by atoms with E-state index in [2.05, 4.69) is 16.4 Å². The molecule has 0 radical (unpaired) electrons. The molecule has 0 unspecified atom stereocenters. The number of urea groups is 1. The van der Waals surface area contributed by atoms with Crippen molar-refractivity contribution in [3.05, 3.63) is 146 Å². The van der Waals surface area contributed by atoms with Crippen LogP contribution in [0.2, 0.25) is 10.0 Å². The number of nitrogens with zero attached hydrogens (tertiary/aromatic N) is 11. The fourth-order valence-electron chi connectivity index (χ4n) is 11.1. The highest BCUT2D eigenvalue weighted by atomic mass is 35.5. The first-order valence-corrected chi connectivity index (χ1v) is 28.5. The minimum atomic E-state index is -0.642. The number of aromatic nitrogens is 4. The van der Waals surface area contributed by atoms with Crippen molar-refractivity contribution in [1.29, 1.82) is 5.26 Å². The average Bonchev–Trinajstić information content (AvgIpc) is 2.47. The van der Waals surface area contributed by atoms with E-state index in [1.807, 2.05) is 49.1 Å². The molecule has 2 fully saturated rings. The van der Waals surface area contributed by atoms with Gasteiger partial charge < -0.3 is 49.6 Å². The van der Waals surface area contributed by atoms with Gasteiger partial charge in [0.15, 0.2) is 11.6 Å². The quantitative estimate of drug-likeness (QED) is 0.0776. The topological polar surface area (TPSA) is 239 Å². The molecule has 6 aromatic rings. The van der Waals surface area contributed by atoms with Crippen LogP contribution < -0.4 is 25.4 Å². The number of nitriles is 1. The van der Waals surface area contributed by atoms with Crippen molar-refractivity contribution >= 4 is 64.4 Å². The number of hydrogen-bond donors (Lipinski definition) is 2. The van der Waals surface area contributed by atoms with E-state index in [9.17, 15) is 24.0 Å². The number of benzene rings is 4. The average molecular weight is 1190 g/mol. The number of aliphatic imine (C=N–C) groups is 1. The van der Waals surface area contributed by atoms with Gasteiger partial charge in [-0.05, 0) is 98.0 Å². The molecule has 24 heteroatoms. The molecule has 6 heterocycles. The molecule has 2 saturated heterocycles. The van der Waals surface area contributed by atoms with Gasteiger partial charge in [-0.3, -0.25) is 29.0 Å². The number of halogens is 3. The first-order chi connectivity index (χ1) is 40.6. The fraction of sp³-hybridized carbons (Fsp3) is 0.383. The van der Waals surface area contributed by atoms with Gasteiger partial charge in [-0.15, -0.1) is 0 Å². The second-order valence-electron chi connectivity index (χ2n) is 21.0. The van der Waals surface area contributed by atoms with Crippen LogP contribution in [0, 0.1) is 17.1 Å². The third-order valence-corrected chi connectivity index (χ3v) is 15.6. The summed E-state index contributed by atoms with van der Waals surface area (Å²) in [5, 5.41) is 19.2. The number of carbonyl (C=O) groups is 4. The third kappa shape index (κ3) is 12.7. The lowest BCUT2D eigenvalue weighted by Crippen LogP contribution is -2.56. The molecule has 3 atom stereocenters. The van der Waals surface area contributed by atoms with Gasteiger partial charge in [0.25, 0.3) is 5.91 Å². The number of fused-ring (bicyclic) bond motifs is 8. The van der Waals surface area contributed by atoms with Gasteiger partial charge in [0.1, 0.15) is 47.5 Å². The van der Waals surface area contributed by atoms with E-state index >= 15 is 4.79 Å². The second kappa shape index (κ2) is 26.1. The van der Waals surface area contributed by atoms with E-state index in [0.717, 1.165) is 17.5 Å². The van der Waals surface area contributed by atoms with Crippen molar-refractivity contribution in [2.24, 2.45) is 4.99 Å². The molecule has 10 rings (SSSR count). The number of nitrogens with one attached hydrogen (secondary N) is 1. The van der Waals surface area contributed by atoms with Crippen molar-refractivity contribution in [3.63, 3.8) is 0 Å². The van der Waals surface area contributed by atoms with Crippen LogP contribution >= 0.6 is 23.2 Å². The zero-order chi connectivity index (χ0) is 59.2. The van der Waals surface area contributed by atoms with Crippen molar-refractivity contribution in [3.8, 4) is 28.8 Å². The smallest absolute Gasteiger partial charge is 0.326 e. The van der Waals surface area contributed by atoms with Gasteiger partial charge in [-0.25, -0.2) is 19.2 Å². The maximum absolute atomic E-state index is 15.1. The van der Waals surface area contributed by atoms with Crippen LogP contribution in [0.15, 0.2) is 96.1 Å². The summed E-state index contributed by atoms with van der Waals surface area (Å²) in [5.74, 6) is 0.608. The molecule has 3 N–H and O–H groups in total. The minimum Gasteiger partial charge on any atom is -0.497 e. The summed E-state index contributed by atoms with van der Waals surface area (Å²) in [4.78, 5) is 78.8. The number of hydrogen-bond acceptors (Lipinski definition) is 15. The molecule has 438 valence electrons. The molecular formula is C60H64Cl2FN13O8. The summed E-state index contributed by atoms with van der Waals surface area (Å²) in [6.07, 6.45) is 2.70. The lowest BCUT2D eigenvalue weighted by atomic mass is 9.93. The summed E-state index contributed by atoms with van der Waals surface area (Å²) >= 11 is 12.7. The molecular weight excluding hydrogens is 1120 g/mol. The lowest BCUT2D eigenvalue weighted by Gasteiger charge is -2.38. The Balaban J connectivity index is 0.712. The maximum Gasteiger partial charge on any atom is 0.326 e. The van der Waals surface area contributed by atoms with Crippen LogP contribution in [0.5, 0.6) is 11.5 Å². The molecule has 4 aliphatic heterocycles. The standard InChI is InChI=1S/C60H64Cl2FN13O8/c1-36(2)84-50-31-42(81-4)16-18-44(50)57-69-54(37-7-11-39(61)12-8-37)55(38-9-13-40(62)14-10-38)76(57)60(80)73-24-23-72(52(78)35-73)25-27-83-29-28-82-26-19-51(77)66-20-22-75-49(32-64)53-46-33-67-56(65)58(68-46)74-21-5-6-48(74)45-30-41(63)15-17-43(45)59(79)71(3)34-47(53)70-75/h7-18,30-31,33,36,48,54-55H,5-6,19-29,34-35H2,1-4H3,(H2,65,67)(H,66,77)/t48-,54+,55-/m1/s1. The lowest BCUT2D eigenvalue weighted by molar-refractivity contribution is -0.135. The third-order valence-electron chi connectivity index (χ3n) is 15.1. The van der Waals surface area contributed by atoms with E-state index < -0.39 is 23.9 Å². The molecule has 21 nitrogen and oxygen atoms in total. The van der Waals surface area contributed by atoms with E-state index in [-0.39, 0.29) is 113 Å². The first-order valence-electron chi connectivity index (χ1n) is 27.8. The summed E-state index contributed by atoms with van der Waals surface area (Å²) in [7, 11) is 3.19. The van der Waals surface area contributed by atoms with E-state index in [1.165, 1.54) is 34.0 Å². The fourth-order valence-corrected chi connectivity index (χ4v) is 11.3. The van der Waals surface area contributed by atoms with Gasteiger partial charge in [0.2, 0.25) is 11.8 Å². The monoisotopic (exact) mass is 1180 g/mol. The number of ether oxygens (including phenoxy) is 4. The molecule has 4 aliphatic rings. The Hall–Kier alpha value is -8.36. The number of methoxy groups -OCH3 is 1. The van der Waals surface area contributed by atoms with Gasteiger partial charge in [0, 0.05) is 67.9 Å². The Morgan fingerprint density at radius 3 is 2.33 bits per heavy atom. The van der Waals surface area contributed by atoms with E-state index in [0.29, 0.717) is 86.3 Å². The Morgan fingerprint density at radius 2 is 1.62 bits per heavy atom. The molecule has 4 aromatic carbocycles. The first kappa shape index (κ1) is 58.8. The van der Waals surface area contributed by atoms with Crippen molar-refractivity contribution in [2.45, 2.75) is 70.4 Å². The van der Waals surface area contributed by atoms with Gasteiger partial charge >= 0.3 is 6.03 Å². The molecule has 84 heavy (non-hydrogen) atoms. The Kier molecular flexibility index (Phi) is 18.2. The molecule has 0 aliphatic carbocycles. The number of rotatable bonds is 18. The number of nitrogen functional groups attached to an aromatic ring is 1. The van der Waals surface area contributed by atoms with Gasteiger partial charge in [-0.2, -0.15) is 10.4 Å². The van der Waals surface area contributed by atoms with Crippen molar-refractivity contribution < 1.29 is 42.5 Å². The van der Waals surface area contributed by atoms with Crippen molar-refractivity contribution in [2.75, 3.05) is 90.5 Å². The normalized spacial score (nSPS) is 17.7. The highest BCUT2D eigenvalue weighted by Crippen LogP contribution is 2.47. The Bertz CT molecular complexity index is 3510. The predicted molar refractivity (Wildman–Crippen MR) is 312 cm³/mol. The number of anilines is 2. The Labute approximate surface area is 495 Å². The number of amidine groups is 1.